The molecule has 4 nitrogen and oxygen atoms in total. The zero-order valence-electron chi connectivity index (χ0n) is 10.8. The van der Waals surface area contributed by atoms with Crippen LogP contribution in [0.1, 0.15) is 25.3 Å². The maximum Gasteiger partial charge on any atom is 0.229 e. The highest BCUT2D eigenvalue weighted by Gasteiger charge is 2.22. The second-order valence-corrected chi connectivity index (χ2v) is 4.48. The molecular formula is C14H20N2O2. The van der Waals surface area contributed by atoms with Crippen LogP contribution in [0.15, 0.2) is 18.2 Å². The summed E-state index contributed by atoms with van der Waals surface area (Å²) in [6.45, 7) is 3.88. The van der Waals surface area contributed by atoms with Crippen molar-refractivity contribution in [2.24, 2.45) is 0 Å². The largest absolute Gasteiger partial charge is 0.399 e. The molecule has 1 heterocycles. The van der Waals surface area contributed by atoms with Gasteiger partial charge in [-0.05, 0) is 43.5 Å². The predicted octanol–water partition coefficient (Wildman–Crippen LogP) is 1.97. The fraction of sp³-hybridized carbons (Fsp3) is 0.500. The van der Waals surface area contributed by atoms with Gasteiger partial charge in [0.15, 0.2) is 0 Å². The van der Waals surface area contributed by atoms with Crippen LogP contribution < -0.4 is 10.6 Å². The SMILES string of the molecule is CCOCCC(=O)N1CCCc2cc(N)ccc21. The molecule has 0 saturated heterocycles. The Balaban J connectivity index is 2.09. The van der Waals surface area contributed by atoms with E-state index in [1.165, 1.54) is 5.56 Å². The Morgan fingerprint density at radius 3 is 3.11 bits per heavy atom. The molecule has 2 rings (SSSR count). The minimum atomic E-state index is 0.133. The molecule has 0 fully saturated rings. The van der Waals surface area contributed by atoms with Crippen molar-refractivity contribution in [1.82, 2.24) is 0 Å². The lowest BCUT2D eigenvalue weighted by molar-refractivity contribution is -0.119. The Kier molecular flexibility index (Phi) is 4.20. The minimum absolute atomic E-state index is 0.133. The first-order valence-corrected chi connectivity index (χ1v) is 6.49. The van der Waals surface area contributed by atoms with Gasteiger partial charge in [-0.15, -0.1) is 0 Å². The van der Waals surface area contributed by atoms with E-state index in [2.05, 4.69) is 0 Å². The predicted molar refractivity (Wildman–Crippen MR) is 72.6 cm³/mol. The molecule has 4 heteroatoms. The van der Waals surface area contributed by atoms with Crippen LogP contribution in [0.2, 0.25) is 0 Å². The highest BCUT2D eigenvalue weighted by molar-refractivity contribution is 5.94. The minimum Gasteiger partial charge on any atom is -0.399 e. The number of nitrogens with zero attached hydrogens (tertiary/aromatic N) is 1. The Hall–Kier alpha value is -1.55. The monoisotopic (exact) mass is 248 g/mol. The Morgan fingerprint density at radius 1 is 1.50 bits per heavy atom. The number of hydrogen-bond donors (Lipinski definition) is 1. The molecule has 1 aliphatic rings. The number of nitrogens with two attached hydrogens (primary N) is 1. The standard InChI is InChI=1S/C14H20N2O2/c1-2-18-9-7-14(17)16-8-3-4-11-10-12(15)5-6-13(11)16/h5-6,10H,2-4,7-9,15H2,1H3. The van der Waals surface area contributed by atoms with Crippen molar-refractivity contribution >= 4 is 17.3 Å². The van der Waals surface area contributed by atoms with Crippen molar-refractivity contribution in [3.63, 3.8) is 0 Å². The number of benzene rings is 1. The summed E-state index contributed by atoms with van der Waals surface area (Å²) in [6, 6.07) is 5.77. The number of carbonyl (C=O) groups excluding carboxylic acids is 1. The number of nitrogen functional groups attached to an aromatic ring is 1. The van der Waals surface area contributed by atoms with E-state index in [1.54, 1.807) is 0 Å². The summed E-state index contributed by atoms with van der Waals surface area (Å²) in [7, 11) is 0. The number of aryl methyl sites for hydroxylation is 1. The first-order chi connectivity index (χ1) is 8.72. The smallest absolute Gasteiger partial charge is 0.229 e. The van der Waals surface area contributed by atoms with Crippen molar-refractivity contribution in [2.45, 2.75) is 26.2 Å². The van der Waals surface area contributed by atoms with Gasteiger partial charge < -0.3 is 15.4 Å². The topological polar surface area (TPSA) is 55.6 Å². The summed E-state index contributed by atoms with van der Waals surface area (Å²) in [5.74, 6) is 0.133. The summed E-state index contributed by atoms with van der Waals surface area (Å²) >= 11 is 0. The average molecular weight is 248 g/mol. The molecule has 0 aliphatic carbocycles. The van der Waals surface area contributed by atoms with Gasteiger partial charge in [-0.1, -0.05) is 0 Å². The van der Waals surface area contributed by atoms with Crippen molar-refractivity contribution < 1.29 is 9.53 Å². The summed E-state index contributed by atoms with van der Waals surface area (Å²) in [5, 5.41) is 0. The first-order valence-electron chi connectivity index (χ1n) is 6.49. The van der Waals surface area contributed by atoms with Gasteiger partial charge in [0.05, 0.1) is 13.0 Å². The van der Waals surface area contributed by atoms with E-state index in [0.29, 0.717) is 19.6 Å². The number of ether oxygens (including phenoxy) is 1. The number of carbonyl (C=O) groups is 1. The summed E-state index contributed by atoms with van der Waals surface area (Å²) in [5.41, 5.74) is 8.72. The lowest BCUT2D eigenvalue weighted by Crippen LogP contribution is -2.36. The van der Waals surface area contributed by atoms with E-state index in [4.69, 9.17) is 10.5 Å². The molecule has 0 radical (unpaired) electrons. The highest BCUT2D eigenvalue weighted by Crippen LogP contribution is 2.29. The van der Waals surface area contributed by atoms with Gasteiger partial charge in [0.2, 0.25) is 5.91 Å². The van der Waals surface area contributed by atoms with Crippen molar-refractivity contribution in [1.29, 1.82) is 0 Å². The molecule has 18 heavy (non-hydrogen) atoms. The molecule has 98 valence electrons. The zero-order chi connectivity index (χ0) is 13.0. The van der Waals surface area contributed by atoms with Crippen LogP contribution in [0.25, 0.3) is 0 Å². The van der Waals surface area contributed by atoms with E-state index in [1.807, 2.05) is 30.0 Å². The second-order valence-electron chi connectivity index (χ2n) is 4.48. The Labute approximate surface area is 108 Å². The summed E-state index contributed by atoms with van der Waals surface area (Å²) in [4.78, 5) is 14.0. The lowest BCUT2D eigenvalue weighted by Gasteiger charge is -2.29. The van der Waals surface area contributed by atoms with Gasteiger partial charge in [-0.3, -0.25) is 4.79 Å². The fourth-order valence-corrected chi connectivity index (χ4v) is 2.31. The molecule has 0 aromatic heterocycles. The summed E-state index contributed by atoms with van der Waals surface area (Å²) in [6.07, 6.45) is 2.43. The van der Waals surface area contributed by atoms with Gasteiger partial charge in [0.25, 0.3) is 0 Å². The van der Waals surface area contributed by atoms with Gasteiger partial charge in [0, 0.05) is 24.5 Å². The van der Waals surface area contributed by atoms with E-state index < -0.39 is 0 Å². The van der Waals surface area contributed by atoms with Crippen molar-refractivity contribution in [2.75, 3.05) is 30.4 Å². The Bertz CT molecular complexity index is 432. The highest BCUT2D eigenvalue weighted by atomic mass is 16.5. The molecule has 2 N–H and O–H groups in total. The molecular weight excluding hydrogens is 228 g/mol. The van der Waals surface area contributed by atoms with Gasteiger partial charge in [0.1, 0.15) is 0 Å². The average Bonchev–Trinajstić information content (AvgIpc) is 2.37. The van der Waals surface area contributed by atoms with Crippen LogP contribution in [-0.4, -0.2) is 25.7 Å². The van der Waals surface area contributed by atoms with Crippen molar-refractivity contribution in [3.05, 3.63) is 23.8 Å². The quantitative estimate of drug-likeness (QED) is 0.654. The third-order valence-electron chi connectivity index (χ3n) is 3.19. The molecule has 0 atom stereocenters. The molecule has 1 aromatic rings. The van der Waals surface area contributed by atoms with Gasteiger partial charge in [-0.25, -0.2) is 0 Å². The number of amides is 1. The van der Waals surface area contributed by atoms with Gasteiger partial charge >= 0.3 is 0 Å². The number of hydrogen-bond acceptors (Lipinski definition) is 3. The van der Waals surface area contributed by atoms with Crippen LogP contribution in [0, 0.1) is 0 Å². The van der Waals surface area contributed by atoms with Crippen LogP contribution in [0.3, 0.4) is 0 Å². The van der Waals surface area contributed by atoms with Crippen LogP contribution in [0.4, 0.5) is 11.4 Å². The molecule has 0 saturated carbocycles. The van der Waals surface area contributed by atoms with Crippen LogP contribution >= 0.6 is 0 Å². The molecule has 0 spiro atoms. The molecule has 1 aliphatic heterocycles. The summed E-state index contributed by atoms with van der Waals surface area (Å²) < 4.78 is 5.23. The first kappa shape index (κ1) is 12.9. The molecule has 0 unspecified atom stereocenters. The Morgan fingerprint density at radius 2 is 2.33 bits per heavy atom. The maximum absolute atomic E-state index is 12.1. The third kappa shape index (κ3) is 2.82. The zero-order valence-corrected chi connectivity index (χ0v) is 10.8. The maximum atomic E-state index is 12.1. The van der Waals surface area contributed by atoms with E-state index in [-0.39, 0.29) is 5.91 Å². The van der Waals surface area contributed by atoms with E-state index >= 15 is 0 Å². The molecule has 0 bridgehead atoms. The second kappa shape index (κ2) is 5.87. The van der Waals surface area contributed by atoms with E-state index in [9.17, 15) is 4.79 Å². The fourth-order valence-electron chi connectivity index (χ4n) is 2.31. The van der Waals surface area contributed by atoms with Crippen molar-refractivity contribution in [3.8, 4) is 0 Å². The molecule has 1 aromatic carbocycles. The van der Waals surface area contributed by atoms with Crippen LogP contribution in [-0.2, 0) is 16.0 Å². The third-order valence-corrected chi connectivity index (χ3v) is 3.19. The lowest BCUT2D eigenvalue weighted by atomic mass is 10.0. The number of rotatable bonds is 4. The van der Waals surface area contributed by atoms with Crippen LogP contribution in [0.5, 0.6) is 0 Å². The number of fused-ring (bicyclic) bond motifs is 1. The van der Waals surface area contributed by atoms with Gasteiger partial charge in [-0.2, -0.15) is 0 Å². The normalized spacial score (nSPS) is 14.4. The molecule has 1 amide bonds. The van der Waals surface area contributed by atoms with E-state index in [0.717, 1.165) is 30.8 Å². The number of anilines is 2.